The number of rotatable bonds is 4. The Hall–Kier alpha value is -1.12. The van der Waals surface area contributed by atoms with Gasteiger partial charge in [0, 0.05) is 39.3 Å². The van der Waals surface area contributed by atoms with Gasteiger partial charge in [0.05, 0.1) is 18.5 Å². The molecule has 17 heavy (non-hydrogen) atoms. The maximum absolute atomic E-state index is 12.2. The van der Waals surface area contributed by atoms with E-state index in [1.54, 1.807) is 11.9 Å². The molecule has 5 nitrogen and oxygen atoms in total. The lowest BCUT2D eigenvalue weighted by molar-refractivity contribution is -0.137. The van der Waals surface area contributed by atoms with Crippen molar-refractivity contribution >= 4 is 5.91 Å². The number of piperazine rings is 1. The highest BCUT2D eigenvalue weighted by Gasteiger charge is 2.27. The molecule has 0 spiro atoms. The molecule has 0 aliphatic carbocycles. The van der Waals surface area contributed by atoms with Crippen LogP contribution in [-0.2, 0) is 4.79 Å². The molecular weight excluding hydrogens is 216 g/mol. The SMILES string of the molecule is CC(C(=O)N(C)C(C)CC#N)N1CCNCC1. The number of nitrogens with one attached hydrogen (secondary N) is 1. The standard InChI is InChI=1S/C12H22N4O/c1-10(4-5-13)15(3)12(17)11(2)16-8-6-14-7-9-16/h10-11,14H,4,6-9H2,1-3H3. The van der Waals surface area contributed by atoms with Gasteiger partial charge in [0.25, 0.3) is 0 Å². The van der Waals surface area contributed by atoms with Gasteiger partial charge < -0.3 is 10.2 Å². The van der Waals surface area contributed by atoms with Gasteiger partial charge in [-0.25, -0.2) is 0 Å². The Morgan fingerprint density at radius 1 is 1.47 bits per heavy atom. The molecule has 1 amide bonds. The molecule has 1 heterocycles. The van der Waals surface area contributed by atoms with E-state index in [1.807, 2.05) is 13.8 Å². The van der Waals surface area contributed by atoms with Gasteiger partial charge >= 0.3 is 0 Å². The lowest BCUT2D eigenvalue weighted by Crippen LogP contribution is -2.54. The van der Waals surface area contributed by atoms with Gasteiger partial charge in [0.1, 0.15) is 0 Å². The predicted octanol–water partition coefficient (Wildman–Crippen LogP) is 0.0407. The Labute approximate surface area is 103 Å². The summed E-state index contributed by atoms with van der Waals surface area (Å²) in [4.78, 5) is 16.1. The van der Waals surface area contributed by atoms with E-state index in [9.17, 15) is 4.79 Å². The van der Waals surface area contributed by atoms with E-state index in [0.717, 1.165) is 26.2 Å². The quantitative estimate of drug-likeness (QED) is 0.751. The van der Waals surface area contributed by atoms with Crippen molar-refractivity contribution in [1.29, 1.82) is 5.26 Å². The minimum absolute atomic E-state index is 0.0159. The highest BCUT2D eigenvalue weighted by molar-refractivity contribution is 5.81. The van der Waals surface area contributed by atoms with Crippen molar-refractivity contribution in [2.24, 2.45) is 0 Å². The second-order valence-electron chi connectivity index (χ2n) is 4.62. The summed E-state index contributed by atoms with van der Waals surface area (Å²) < 4.78 is 0. The van der Waals surface area contributed by atoms with Gasteiger partial charge in [0.2, 0.25) is 5.91 Å². The predicted molar refractivity (Wildman–Crippen MR) is 66.4 cm³/mol. The number of hydrogen-bond acceptors (Lipinski definition) is 4. The fraction of sp³-hybridized carbons (Fsp3) is 0.833. The first kappa shape index (κ1) is 13.9. The largest absolute Gasteiger partial charge is 0.341 e. The molecule has 1 saturated heterocycles. The van der Waals surface area contributed by atoms with Crippen molar-refractivity contribution < 1.29 is 4.79 Å². The Kier molecular flexibility index (Phi) is 5.39. The van der Waals surface area contributed by atoms with E-state index < -0.39 is 0 Å². The molecule has 0 aromatic carbocycles. The van der Waals surface area contributed by atoms with Crippen LogP contribution in [0.2, 0.25) is 0 Å². The molecule has 0 saturated carbocycles. The van der Waals surface area contributed by atoms with Crippen LogP contribution in [0.3, 0.4) is 0 Å². The van der Waals surface area contributed by atoms with Crippen molar-refractivity contribution in [3.8, 4) is 6.07 Å². The van der Waals surface area contributed by atoms with Crippen LogP contribution >= 0.6 is 0 Å². The number of hydrogen-bond donors (Lipinski definition) is 1. The van der Waals surface area contributed by atoms with E-state index >= 15 is 0 Å². The number of likely N-dealkylation sites (N-methyl/N-ethyl adjacent to an activating group) is 1. The van der Waals surface area contributed by atoms with E-state index in [1.165, 1.54) is 0 Å². The van der Waals surface area contributed by atoms with Crippen LogP contribution < -0.4 is 5.32 Å². The van der Waals surface area contributed by atoms with E-state index in [-0.39, 0.29) is 18.0 Å². The number of nitriles is 1. The minimum atomic E-state index is -0.0942. The van der Waals surface area contributed by atoms with Gasteiger partial charge in [-0.2, -0.15) is 5.26 Å². The van der Waals surface area contributed by atoms with Gasteiger partial charge in [-0.3, -0.25) is 9.69 Å². The summed E-state index contributed by atoms with van der Waals surface area (Å²) in [6, 6.07) is 1.99. The zero-order chi connectivity index (χ0) is 12.8. The van der Waals surface area contributed by atoms with Crippen LogP contribution in [0.1, 0.15) is 20.3 Å². The van der Waals surface area contributed by atoms with Crippen LogP contribution in [-0.4, -0.2) is 61.0 Å². The maximum Gasteiger partial charge on any atom is 0.239 e. The topological polar surface area (TPSA) is 59.4 Å². The number of carbonyl (C=O) groups is 1. The first-order valence-corrected chi connectivity index (χ1v) is 6.16. The molecule has 2 unspecified atom stereocenters. The van der Waals surface area contributed by atoms with Crippen LogP contribution in [0.5, 0.6) is 0 Å². The van der Waals surface area contributed by atoms with Crippen LogP contribution in [0.15, 0.2) is 0 Å². The molecule has 1 rings (SSSR count). The fourth-order valence-corrected chi connectivity index (χ4v) is 2.01. The van der Waals surface area contributed by atoms with Crippen molar-refractivity contribution in [3.63, 3.8) is 0 Å². The fourth-order valence-electron chi connectivity index (χ4n) is 2.01. The van der Waals surface area contributed by atoms with Crippen LogP contribution in [0, 0.1) is 11.3 Å². The number of carbonyl (C=O) groups excluding carboxylic acids is 1. The zero-order valence-corrected chi connectivity index (χ0v) is 10.9. The second-order valence-corrected chi connectivity index (χ2v) is 4.62. The third-order valence-corrected chi connectivity index (χ3v) is 3.45. The molecule has 1 N–H and O–H groups in total. The summed E-state index contributed by atoms with van der Waals surface area (Å²) >= 11 is 0. The summed E-state index contributed by atoms with van der Waals surface area (Å²) in [5.74, 6) is 0.106. The van der Waals surface area contributed by atoms with E-state index in [2.05, 4.69) is 16.3 Å². The highest BCUT2D eigenvalue weighted by Crippen LogP contribution is 2.08. The molecule has 1 aliphatic heterocycles. The van der Waals surface area contributed by atoms with E-state index in [4.69, 9.17) is 5.26 Å². The minimum Gasteiger partial charge on any atom is -0.341 e. The first-order valence-electron chi connectivity index (χ1n) is 6.16. The molecule has 0 aromatic heterocycles. The zero-order valence-electron chi connectivity index (χ0n) is 10.9. The lowest BCUT2D eigenvalue weighted by Gasteiger charge is -2.35. The van der Waals surface area contributed by atoms with Crippen molar-refractivity contribution in [1.82, 2.24) is 15.1 Å². The van der Waals surface area contributed by atoms with Gasteiger partial charge in [-0.15, -0.1) is 0 Å². The summed E-state index contributed by atoms with van der Waals surface area (Å²) in [5, 5.41) is 11.9. The summed E-state index contributed by atoms with van der Waals surface area (Å²) in [5.41, 5.74) is 0. The average Bonchev–Trinajstić information content (AvgIpc) is 2.37. The molecule has 0 radical (unpaired) electrons. The van der Waals surface area contributed by atoms with Crippen molar-refractivity contribution in [3.05, 3.63) is 0 Å². The highest BCUT2D eigenvalue weighted by atomic mass is 16.2. The molecule has 0 bridgehead atoms. The number of nitrogens with zero attached hydrogens (tertiary/aromatic N) is 3. The van der Waals surface area contributed by atoms with Crippen molar-refractivity contribution in [2.75, 3.05) is 33.2 Å². The normalized spacial score (nSPS) is 20.4. The molecular formula is C12H22N4O. The smallest absolute Gasteiger partial charge is 0.239 e. The molecule has 1 aliphatic rings. The first-order chi connectivity index (χ1) is 8.07. The summed E-state index contributed by atoms with van der Waals surface area (Å²) in [6.07, 6.45) is 0.385. The number of amides is 1. The van der Waals surface area contributed by atoms with Gasteiger partial charge in [-0.05, 0) is 13.8 Å². The molecule has 2 atom stereocenters. The van der Waals surface area contributed by atoms with Crippen LogP contribution in [0.4, 0.5) is 0 Å². The monoisotopic (exact) mass is 238 g/mol. The Bertz CT molecular complexity index is 293. The third kappa shape index (κ3) is 3.69. The maximum atomic E-state index is 12.2. The Morgan fingerprint density at radius 3 is 2.59 bits per heavy atom. The lowest BCUT2D eigenvalue weighted by atomic mass is 10.1. The molecule has 1 fully saturated rings. The molecule has 5 heteroatoms. The second kappa shape index (κ2) is 6.58. The third-order valence-electron chi connectivity index (χ3n) is 3.45. The van der Waals surface area contributed by atoms with Crippen molar-refractivity contribution in [2.45, 2.75) is 32.4 Å². The molecule has 96 valence electrons. The van der Waals surface area contributed by atoms with Crippen LogP contribution in [0.25, 0.3) is 0 Å². The molecule has 0 aromatic rings. The van der Waals surface area contributed by atoms with E-state index in [0.29, 0.717) is 6.42 Å². The summed E-state index contributed by atoms with van der Waals surface area (Å²) in [7, 11) is 1.78. The average molecular weight is 238 g/mol. The van der Waals surface area contributed by atoms with Gasteiger partial charge in [-0.1, -0.05) is 0 Å². The van der Waals surface area contributed by atoms with Gasteiger partial charge in [0.15, 0.2) is 0 Å². The summed E-state index contributed by atoms with van der Waals surface area (Å²) in [6.45, 7) is 7.56. The Morgan fingerprint density at radius 2 is 2.06 bits per heavy atom. The Balaban J connectivity index is 2.53.